The topological polar surface area (TPSA) is 51.2 Å². The van der Waals surface area contributed by atoms with Crippen molar-refractivity contribution in [2.45, 2.75) is 25.7 Å². The smallest absolute Gasteiger partial charge is 0.167 e. The maximum absolute atomic E-state index is 12.8. The molecule has 0 radical (unpaired) electrons. The molecule has 2 atom stereocenters. The number of allylic oxidation sites excluding steroid dienone is 16. The zero-order valence-corrected chi connectivity index (χ0v) is 18.9. The van der Waals surface area contributed by atoms with Crippen molar-refractivity contribution in [3.8, 4) is 0 Å². The van der Waals surface area contributed by atoms with Crippen LogP contribution in [0.25, 0.3) is 0 Å². The van der Waals surface area contributed by atoms with E-state index in [1.54, 1.807) is 0 Å². The van der Waals surface area contributed by atoms with Crippen molar-refractivity contribution in [1.29, 1.82) is 0 Å². The number of rotatable bonds is 8. The molecule has 0 saturated heterocycles. The molecule has 3 heteroatoms. The Morgan fingerprint density at radius 3 is 2.38 bits per heavy atom. The Morgan fingerprint density at radius 2 is 1.53 bits per heavy atom. The molecule has 0 fully saturated rings. The van der Waals surface area contributed by atoms with Crippen molar-refractivity contribution in [2.75, 3.05) is 0 Å². The molecule has 2 unspecified atom stereocenters. The SMILES string of the molecule is O=C(CCC1=CC2C=C(C(=O)CCc3ccccc3)C=CC2=C1)C1=CC(=O)C2C=CC=CC2=C1. The summed E-state index contributed by atoms with van der Waals surface area (Å²) >= 11 is 0. The van der Waals surface area contributed by atoms with Gasteiger partial charge in [-0.3, -0.25) is 14.4 Å². The van der Waals surface area contributed by atoms with Crippen LogP contribution >= 0.6 is 0 Å². The minimum absolute atomic E-state index is 0.0145. The van der Waals surface area contributed by atoms with Crippen molar-refractivity contribution in [2.24, 2.45) is 11.8 Å². The molecule has 3 nitrogen and oxygen atoms in total. The minimum atomic E-state index is -0.255. The first kappa shape index (κ1) is 22.0. The van der Waals surface area contributed by atoms with E-state index in [-0.39, 0.29) is 29.2 Å². The van der Waals surface area contributed by atoms with Crippen LogP contribution < -0.4 is 0 Å². The van der Waals surface area contributed by atoms with Crippen LogP contribution in [0.15, 0.2) is 125 Å². The highest BCUT2D eigenvalue weighted by molar-refractivity contribution is 6.09. The summed E-state index contributed by atoms with van der Waals surface area (Å²) in [6.45, 7) is 0. The minimum Gasteiger partial charge on any atom is -0.294 e. The molecule has 0 N–H and O–H groups in total. The first-order valence-electron chi connectivity index (χ1n) is 11.8. The van der Waals surface area contributed by atoms with Gasteiger partial charge in [0.15, 0.2) is 17.3 Å². The van der Waals surface area contributed by atoms with E-state index in [0.29, 0.717) is 24.8 Å². The number of fused-ring (bicyclic) bond motifs is 2. The van der Waals surface area contributed by atoms with Gasteiger partial charge in [-0.2, -0.15) is 0 Å². The monoisotopic (exact) mass is 446 g/mol. The number of aryl methyl sites for hydroxylation is 1. The molecule has 0 spiro atoms. The lowest BCUT2D eigenvalue weighted by molar-refractivity contribution is -0.118. The molecule has 1 aromatic rings. The second-order valence-electron chi connectivity index (χ2n) is 9.07. The molecule has 168 valence electrons. The molecule has 1 aromatic carbocycles. The van der Waals surface area contributed by atoms with Gasteiger partial charge >= 0.3 is 0 Å². The Kier molecular flexibility index (Phi) is 6.18. The highest BCUT2D eigenvalue weighted by Gasteiger charge is 2.26. The van der Waals surface area contributed by atoms with E-state index in [9.17, 15) is 14.4 Å². The molecule has 0 aromatic heterocycles. The van der Waals surface area contributed by atoms with Crippen LogP contribution in [0.2, 0.25) is 0 Å². The average molecular weight is 447 g/mol. The van der Waals surface area contributed by atoms with Crippen LogP contribution in [0.5, 0.6) is 0 Å². The summed E-state index contributed by atoms with van der Waals surface area (Å²) in [5.41, 5.74) is 5.55. The number of benzene rings is 1. The predicted octanol–water partition coefficient (Wildman–Crippen LogP) is 5.69. The van der Waals surface area contributed by atoms with Gasteiger partial charge in [0.1, 0.15) is 0 Å². The number of Topliss-reactive ketones (excluding diaryl/α,β-unsaturated/α-hetero) is 2. The van der Waals surface area contributed by atoms with E-state index in [4.69, 9.17) is 0 Å². The zero-order chi connectivity index (χ0) is 23.5. The summed E-state index contributed by atoms with van der Waals surface area (Å²) in [7, 11) is 0. The molecule has 5 rings (SSSR count). The average Bonchev–Trinajstić information content (AvgIpc) is 3.28. The Hall–Kier alpha value is -3.85. The number of hydrogen-bond donors (Lipinski definition) is 0. The maximum atomic E-state index is 12.8. The van der Waals surface area contributed by atoms with Crippen LogP contribution in [0.3, 0.4) is 0 Å². The number of ketones is 3. The predicted molar refractivity (Wildman–Crippen MR) is 134 cm³/mol. The Labute approximate surface area is 199 Å². The lowest BCUT2D eigenvalue weighted by atomic mass is 9.83. The summed E-state index contributed by atoms with van der Waals surface area (Å²) in [6, 6.07) is 10.1. The highest BCUT2D eigenvalue weighted by Crippen LogP contribution is 2.34. The number of carbonyl (C=O) groups excluding carboxylic acids is 3. The van der Waals surface area contributed by atoms with E-state index < -0.39 is 0 Å². The van der Waals surface area contributed by atoms with Crippen molar-refractivity contribution < 1.29 is 14.4 Å². The van der Waals surface area contributed by atoms with Gasteiger partial charge in [0.25, 0.3) is 0 Å². The van der Waals surface area contributed by atoms with Crippen LogP contribution in [0.4, 0.5) is 0 Å². The lowest BCUT2D eigenvalue weighted by Crippen LogP contribution is -2.19. The second kappa shape index (κ2) is 9.56. The fourth-order valence-electron chi connectivity index (χ4n) is 4.79. The van der Waals surface area contributed by atoms with E-state index in [0.717, 1.165) is 28.7 Å². The Morgan fingerprint density at radius 1 is 0.735 bits per heavy atom. The fourth-order valence-corrected chi connectivity index (χ4v) is 4.79. The van der Waals surface area contributed by atoms with E-state index in [1.165, 1.54) is 11.6 Å². The van der Waals surface area contributed by atoms with E-state index >= 15 is 0 Å². The van der Waals surface area contributed by atoms with Crippen LogP contribution in [0.1, 0.15) is 24.8 Å². The maximum Gasteiger partial charge on any atom is 0.167 e. The normalized spacial score (nSPS) is 22.2. The van der Waals surface area contributed by atoms with E-state index in [1.807, 2.05) is 78.9 Å². The molecule has 4 aliphatic rings. The largest absolute Gasteiger partial charge is 0.294 e. The lowest BCUT2D eigenvalue weighted by Gasteiger charge is -2.19. The summed E-state index contributed by atoms with van der Waals surface area (Å²) in [4.78, 5) is 37.9. The summed E-state index contributed by atoms with van der Waals surface area (Å²) in [5, 5.41) is 0. The fraction of sp³-hybridized carbons (Fsp3) is 0.194. The summed E-state index contributed by atoms with van der Waals surface area (Å²) < 4.78 is 0. The van der Waals surface area contributed by atoms with Gasteiger partial charge in [0, 0.05) is 29.9 Å². The molecule has 0 saturated carbocycles. The van der Waals surface area contributed by atoms with Crippen molar-refractivity contribution in [1.82, 2.24) is 0 Å². The first-order chi connectivity index (χ1) is 16.6. The quantitative estimate of drug-likeness (QED) is 0.515. The van der Waals surface area contributed by atoms with Crippen LogP contribution in [0, 0.1) is 11.8 Å². The van der Waals surface area contributed by atoms with Crippen molar-refractivity contribution in [3.05, 3.63) is 131 Å². The van der Waals surface area contributed by atoms with Crippen LogP contribution in [-0.2, 0) is 20.8 Å². The van der Waals surface area contributed by atoms with Gasteiger partial charge in [-0.05, 0) is 41.7 Å². The summed E-state index contributed by atoms with van der Waals surface area (Å²) in [5.74, 6) is -0.0601. The summed E-state index contributed by atoms with van der Waals surface area (Å²) in [6.07, 6.45) is 23.3. The Balaban J connectivity index is 1.18. The molecule has 34 heavy (non-hydrogen) atoms. The van der Waals surface area contributed by atoms with Crippen LogP contribution in [-0.4, -0.2) is 17.3 Å². The van der Waals surface area contributed by atoms with Gasteiger partial charge in [-0.15, -0.1) is 0 Å². The molecule has 4 aliphatic carbocycles. The van der Waals surface area contributed by atoms with Gasteiger partial charge in [-0.25, -0.2) is 0 Å². The second-order valence-corrected chi connectivity index (χ2v) is 9.07. The third-order valence-electron chi connectivity index (χ3n) is 6.70. The first-order valence-corrected chi connectivity index (χ1v) is 11.8. The Bertz CT molecular complexity index is 1290. The van der Waals surface area contributed by atoms with Gasteiger partial charge in [0.05, 0.1) is 5.92 Å². The molecule has 0 aliphatic heterocycles. The molecule has 0 amide bonds. The molecular formula is C31H26O3. The van der Waals surface area contributed by atoms with Crippen molar-refractivity contribution in [3.63, 3.8) is 0 Å². The van der Waals surface area contributed by atoms with E-state index in [2.05, 4.69) is 12.2 Å². The molecule has 0 bridgehead atoms. The number of hydrogen-bond acceptors (Lipinski definition) is 3. The standard InChI is InChI=1S/C31H26O3/c32-29(14-10-21-6-2-1-3-7-21)25-13-12-23-16-22(17-26(23)19-25)11-15-30(33)27-18-24-8-4-5-9-28(24)31(34)20-27/h1-9,12-13,16-20,26,28H,10-11,14-15H2. The zero-order valence-electron chi connectivity index (χ0n) is 18.9. The van der Waals surface area contributed by atoms with Gasteiger partial charge < -0.3 is 0 Å². The molecule has 0 heterocycles. The van der Waals surface area contributed by atoms with Gasteiger partial charge in [-0.1, -0.05) is 90.6 Å². The van der Waals surface area contributed by atoms with Gasteiger partial charge in [0.2, 0.25) is 0 Å². The third-order valence-corrected chi connectivity index (χ3v) is 6.70. The number of carbonyl (C=O) groups is 3. The molecular weight excluding hydrogens is 420 g/mol. The third kappa shape index (κ3) is 4.74. The van der Waals surface area contributed by atoms with Crippen molar-refractivity contribution >= 4 is 17.3 Å². The highest BCUT2D eigenvalue weighted by atomic mass is 16.1.